The summed E-state index contributed by atoms with van der Waals surface area (Å²) >= 11 is 1.32. The lowest BCUT2D eigenvalue weighted by atomic mass is 10.1. The fraction of sp³-hybridized carbons (Fsp3) is 0.286. The predicted molar refractivity (Wildman–Crippen MR) is 75.4 cm³/mol. The van der Waals surface area contributed by atoms with E-state index < -0.39 is 11.7 Å². The first-order valence-electron chi connectivity index (χ1n) is 6.19. The van der Waals surface area contributed by atoms with E-state index in [2.05, 4.69) is 4.98 Å². The zero-order valence-corrected chi connectivity index (χ0v) is 12.3. The molecule has 1 aromatic carbocycles. The third-order valence-corrected chi connectivity index (χ3v) is 3.95. The van der Waals surface area contributed by atoms with Crippen LogP contribution in [-0.2, 0) is 13.2 Å². The highest BCUT2D eigenvalue weighted by molar-refractivity contribution is 7.99. The molecule has 0 unspecified atom stereocenters. The molecular weight excluding hydrogens is 301 g/mol. The van der Waals surface area contributed by atoms with E-state index >= 15 is 0 Å². The number of aldehydes is 1. The van der Waals surface area contributed by atoms with Crippen LogP contribution in [0.4, 0.5) is 13.2 Å². The Kier molecular flexibility index (Phi) is 4.41. The number of alkyl halides is 3. The second-order valence-corrected chi connectivity index (χ2v) is 5.63. The maximum absolute atomic E-state index is 12.8. The minimum absolute atomic E-state index is 0.234. The number of thioether (sulfide) groups is 1. The van der Waals surface area contributed by atoms with Gasteiger partial charge in [-0.3, -0.25) is 4.79 Å². The number of halogens is 3. The van der Waals surface area contributed by atoms with Gasteiger partial charge in [-0.2, -0.15) is 13.2 Å². The highest BCUT2D eigenvalue weighted by Gasteiger charge is 2.31. The Morgan fingerprint density at radius 2 is 2.10 bits per heavy atom. The van der Waals surface area contributed by atoms with E-state index in [4.69, 9.17) is 0 Å². The summed E-state index contributed by atoms with van der Waals surface area (Å²) in [5, 5.41) is 0. The van der Waals surface area contributed by atoms with Gasteiger partial charge in [0.15, 0.2) is 12.1 Å². The lowest BCUT2D eigenvalue weighted by molar-refractivity contribution is -0.137. The third-order valence-electron chi connectivity index (χ3n) is 3.01. The van der Waals surface area contributed by atoms with Crippen LogP contribution in [0.15, 0.2) is 29.3 Å². The Bertz CT molecular complexity index is 665. The molecule has 0 spiro atoms. The van der Waals surface area contributed by atoms with Crippen LogP contribution in [0.25, 0.3) is 11.3 Å². The van der Waals surface area contributed by atoms with Gasteiger partial charge in [0.2, 0.25) is 0 Å². The molecule has 2 aromatic rings. The van der Waals surface area contributed by atoms with Crippen molar-refractivity contribution in [1.29, 1.82) is 0 Å². The Labute approximate surface area is 124 Å². The molecule has 0 bridgehead atoms. The highest BCUT2D eigenvalue weighted by atomic mass is 32.2. The van der Waals surface area contributed by atoms with Crippen LogP contribution in [0.3, 0.4) is 0 Å². The van der Waals surface area contributed by atoms with Gasteiger partial charge in [0.05, 0.1) is 17.5 Å². The second kappa shape index (κ2) is 5.93. The van der Waals surface area contributed by atoms with Crippen molar-refractivity contribution in [1.82, 2.24) is 9.55 Å². The predicted octanol–water partition coefficient (Wildman–Crippen LogP) is 4.03. The Morgan fingerprint density at radius 3 is 2.62 bits per heavy atom. The Morgan fingerprint density at radius 1 is 1.38 bits per heavy atom. The lowest BCUT2D eigenvalue weighted by Crippen LogP contribution is -2.05. The first-order chi connectivity index (χ1) is 9.88. The van der Waals surface area contributed by atoms with Crippen LogP contribution in [0, 0.1) is 0 Å². The molecule has 3 nitrogen and oxygen atoms in total. The molecule has 0 saturated heterocycles. The van der Waals surface area contributed by atoms with Crippen molar-refractivity contribution in [2.24, 2.45) is 7.05 Å². The average Bonchev–Trinajstić information content (AvgIpc) is 2.79. The number of carbonyl (C=O) groups is 1. The minimum Gasteiger partial charge on any atom is -0.325 e. The first-order valence-corrected chi connectivity index (χ1v) is 7.18. The molecule has 1 heterocycles. The number of carbonyl (C=O) groups excluding carboxylic acids is 1. The highest BCUT2D eigenvalue weighted by Crippen LogP contribution is 2.37. The van der Waals surface area contributed by atoms with Gasteiger partial charge in [-0.15, -0.1) is 11.8 Å². The number of hydrogen-bond donors (Lipinski definition) is 0. The van der Waals surface area contributed by atoms with Crippen LogP contribution in [0.1, 0.15) is 23.1 Å². The van der Waals surface area contributed by atoms with Gasteiger partial charge >= 0.3 is 6.18 Å². The van der Waals surface area contributed by atoms with E-state index in [-0.39, 0.29) is 5.82 Å². The number of hydrogen-bond acceptors (Lipinski definition) is 3. The average molecular weight is 314 g/mol. The molecule has 0 atom stereocenters. The summed E-state index contributed by atoms with van der Waals surface area (Å²) in [7, 11) is 1.66. The maximum atomic E-state index is 12.8. The molecule has 2 rings (SSSR count). The first kappa shape index (κ1) is 15.6. The summed E-state index contributed by atoms with van der Waals surface area (Å²) in [6.45, 7) is 1.87. The molecule has 1 aromatic heterocycles. The van der Waals surface area contributed by atoms with Crippen molar-refractivity contribution in [2.45, 2.75) is 18.0 Å². The number of nitrogens with zero attached hydrogens (tertiary/aromatic N) is 2. The van der Waals surface area contributed by atoms with E-state index in [0.717, 1.165) is 12.1 Å². The molecule has 0 fully saturated rings. The zero-order valence-electron chi connectivity index (χ0n) is 11.4. The summed E-state index contributed by atoms with van der Waals surface area (Å²) in [5.41, 5.74) is 0.569. The van der Waals surface area contributed by atoms with Crippen molar-refractivity contribution in [2.75, 3.05) is 5.75 Å². The van der Waals surface area contributed by atoms with Gasteiger partial charge in [-0.1, -0.05) is 13.0 Å². The quantitative estimate of drug-likeness (QED) is 0.631. The van der Waals surface area contributed by atoms with Crippen LogP contribution < -0.4 is 0 Å². The van der Waals surface area contributed by atoms with Gasteiger partial charge < -0.3 is 4.57 Å². The standard InChI is InChI=1S/C14H13F3N2OS/c1-3-21-12-6-9(14(15,16)17)4-5-10(12)11-7-18-13(8-20)19(11)2/h4-8H,3H2,1-2H3. The number of rotatable bonds is 4. The molecule has 21 heavy (non-hydrogen) atoms. The third kappa shape index (κ3) is 3.12. The zero-order chi connectivity index (χ0) is 15.6. The van der Waals surface area contributed by atoms with Crippen LogP contribution in [-0.4, -0.2) is 21.6 Å². The van der Waals surface area contributed by atoms with Crippen LogP contribution >= 0.6 is 11.8 Å². The van der Waals surface area contributed by atoms with Crippen molar-refractivity contribution in [3.05, 3.63) is 35.8 Å². The van der Waals surface area contributed by atoms with Gasteiger partial charge in [-0.25, -0.2) is 4.98 Å². The second-order valence-electron chi connectivity index (χ2n) is 4.32. The van der Waals surface area contributed by atoms with Crippen molar-refractivity contribution < 1.29 is 18.0 Å². The summed E-state index contributed by atoms with van der Waals surface area (Å²) in [4.78, 5) is 15.3. The number of benzene rings is 1. The van der Waals surface area contributed by atoms with Crippen molar-refractivity contribution >= 4 is 18.0 Å². The fourth-order valence-corrected chi connectivity index (χ4v) is 2.82. The van der Waals surface area contributed by atoms with Gasteiger partial charge in [0, 0.05) is 17.5 Å². The minimum atomic E-state index is -4.37. The summed E-state index contributed by atoms with van der Waals surface area (Å²) in [6, 6.07) is 3.60. The normalized spacial score (nSPS) is 11.7. The molecule has 0 N–H and O–H groups in total. The monoisotopic (exact) mass is 314 g/mol. The van der Waals surface area contributed by atoms with Crippen molar-refractivity contribution in [3.63, 3.8) is 0 Å². The lowest BCUT2D eigenvalue weighted by Gasteiger charge is -2.13. The SMILES string of the molecule is CCSc1cc(C(F)(F)F)ccc1-c1cnc(C=O)n1C. The van der Waals surface area contributed by atoms with E-state index in [1.807, 2.05) is 6.92 Å². The van der Waals surface area contributed by atoms with Crippen molar-refractivity contribution in [3.8, 4) is 11.3 Å². The number of imidazole rings is 1. The van der Waals surface area contributed by atoms with Crippen LogP contribution in [0.5, 0.6) is 0 Å². The molecule has 112 valence electrons. The molecule has 0 amide bonds. The molecule has 0 aliphatic heterocycles. The summed E-state index contributed by atoms with van der Waals surface area (Å²) < 4.78 is 40.0. The van der Waals surface area contributed by atoms with Gasteiger partial charge in [0.25, 0.3) is 0 Å². The molecule has 7 heteroatoms. The molecule has 0 aliphatic carbocycles. The van der Waals surface area contributed by atoms with Gasteiger partial charge in [0.1, 0.15) is 0 Å². The smallest absolute Gasteiger partial charge is 0.325 e. The maximum Gasteiger partial charge on any atom is 0.416 e. The van der Waals surface area contributed by atoms with Gasteiger partial charge in [-0.05, 0) is 17.9 Å². The van der Waals surface area contributed by atoms with E-state index in [9.17, 15) is 18.0 Å². The van der Waals surface area contributed by atoms with E-state index in [1.165, 1.54) is 24.0 Å². The summed E-state index contributed by atoms with van der Waals surface area (Å²) in [6.07, 6.45) is -2.27. The molecule has 0 aliphatic rings. The number of aromatic nitrogens is 2. The summed E-state index contributed by atoms with van der Waals surface area (Å²) in [5.74, 6) is 0.879. The largest absolute Gasteiger partial charge is 0.416 e. The van der Waals surface area contributed by atoms with Crippen LogP contribution in [0.2, 0.25) is 0 Å². The molecule has 0 radical (unpaired) electrons. The van der Waals surface area contributed by atoms with E-state index in [0.29, 0.717) is 28.2 Å². The van der Waals surface area contributed by atoms with E-state index in [1.54, 1.807) is 11.6 Å². The molecule has 0 saturated carbocycles. The molecular formula is C14H13F3N2OS. The Balaban J connectivity index is 2.57. The fourth-order valence-electron chi connectivity index (χ4n) is 1.97. The topological polar surface area (TPSA) is 34.9 Å². The Hall–Kier alpha value is -1.76.